The minimum atomic E-state index is -0.150. The molecule has 0 saturated heterocycles. The Morgan fingerprint density at radius 2 is 2.16 bits per heavy atom. The third-order valence-electron chi connectivity index (χ3n) is 2.76. The van der Waals surface area contributed by atoms with Crippen LogP contribution < -0.4 is 16.4 Å². The van der Waals surface area contributed by atoms with Gasteiger partial charge in [0, 0.05) is 19.7 Å². The summed E-state index contributed by atoms with van der Waals surface area (Å²) in [4.78, 5) is 16.7. The van der Waals surface area contributed by atoms with Gasteiger partial charge in [-0.25, -0.2) is 4.98 Å². The van der Waals surface area contributed by atoms with Gasteiger partial charge in [-0.3, -0.25) is 4.79 Å². The van der Waals surface area contributed by atoms with Crippen LogP contribution in [0.3, 0.4) is 0 Å². The maximum Gasteiger partial charge on any atom is 0.265 e. The molecule has 6 nitrogen and oxygen atoms in total. The van der Waals surface area contributed by atoms with E-state index in [0.29, 0.717) is 23.2 Å². The highest BCUT2D eigenvalue weighted by molar-refractivity contribution is 7.18. The van der Waals surface area contributed by atoms with Crippen LogP contribution in [0.25, 0.3) is 0 Å². The topological polar surface area (TPSA) is 89.3 Å². The fourth-order valence-corrected chi connectivity index (χ4v) is 2.39. The quantitative estimate of drug-likeness (QED) is 0.633. The lowest BCUT2D eigenvalue weighted by atomic mass is 10.2. The molecule has 1 aromatic heterocycles. The molecule has 0 radical (unpaired) electrons. The fraction of sp³-hybridized carbons (Fsp3) is 0.667. The molecule has 0 aliphatic heterocycles. The van der Waals surface area contributed by atoms with Crippen LogP contribution in [0.4, 0.5) is 10.9 Å². The number of nitrogens with two attached hydrogens (primary N) is 1. The SMILES string of the molecule is CCC(CC)NC(=O)c1sc(NCCOC)nc1N. The molecule has 0 spiro atoms. The third kappa shape index (κ3) is 4.68. The van der Waals surface area contributed by atoms with E-state index in [0.717, 1.165) is 12.8 Å². The van der Waals surface area contributed by atoms with Gasteiger partial charge >= 0.3 is 0 Å². The van der Waals surface area contributed by atoms with E-state index in [-0.39, 0.29) is 17.8 Å². The van der Waals surface area contributed by atoms with Crippen molar-refractivity contribution in [3.8, 4) is 0 Å². The van der Waals surface area contributed by atoms with E-state index in [1.165, 1.54) is 11.3 Å². The average Bonchev–Trinajstić information content (AvgIpc) is 2.77. The molecule has 19 heavy (non-hydrogen) atoms. The van der Waals surface area contributed by atoms with Crippen LogP contribution in [-0.2, 0) is 4.74 Å². The number of nitrogens with one attached hydrogen (secondary N) is 2. The Kier molecular flexibility index (Phi) is 6.58. The molecule has 1 rings (SSSR count). The maximum atomic E-state index is 12.1. The number of amides is 1. The Morgan fingerprint density at radius 1 is 1.47 bits per heavy atom. The number of hydrogen-bond acceptors (Lipinski definition) is 6. The van der Waals surface area contributed by atoms with Crippen molar-refractivity contribution in [1.82, 2.24) is 10.3 Å². The normalized spacial score (nSPS) is 10.7. The number of hydrogen-bond donors (Lipinski definition) is 3. The highest BCUT2D eigenvalue weighted by Gasteiger charge is 2.18. The first kappa shape index (κ1) is 15.7. The first-order valence-electron chi connectivity index (χ1n) is 6.42. The minimum absolute atomic E-state index is 0.150. The summed E-state index contributed by atoms with van der Waals surface area (Å²) in [5.74, 6) is 0.122. The van der Waals surface area contributed by atoms with Crippen molar-refractivity contribution in [3.63, 3.8) is 0 Å². The first-order valence-corrected chi connectivity index (χ1v) is 7.23. The number of rotatable bonds is 8. The predicted octanol–water partition coefficient (Wildman–Crippen LogP) is 1.70. The van der Waals surface area contributed by atoms with E-state index in [9.17, 15) is 4.79 Å². The van der Waals surface area contributed by atoms with Gasteiger partial charge in [-0.1, -0.05) is 25.2 Å². The largest absolute Gasteiger partial charge is 0.383 e. The number of nitrogens with zero attached hydrogens (tertiary/aromatic N) is 1. The Bertz CT molecular complexity index is 404. The molecule has 7 heteroatoms. The van der Waals surface area contributed by atoms with Crippen molar-refractivity contribution in [1.29, 1.82) is 0 Å². The number of ether oxygens (including phenoxy) is 1. The van der Waals surface area contributed by atoms with Crippen LogP contribution in [-0.4, -0.2) is 37.2 Å². The molecule has 0 atom stereocenters. The van der Waals surface area contributed by atoms with E-state index >= 15 is 0 Å². The zero-order chi connectivity index (χ0) is 14.3. The van der Waals surface area contributed by atoms with Crippen molar-refractivity contribution in [2.75, 3.05) is 31.3 Å². The van der Waals surface area contributed by atoms with Crippen molar-refractivity contribution in [2.24, 2.45) is 0 Å². The summed E-state index contributed by atoms with van der Waals surface area (Å²) in [6.07, 6.45) is 1.81. The Labute approximate surface area is 117 Å². The number of carbonyl (C=O) groups excluding carboxylic acids is 1. The van der Waals surface area contributed by atoms with E-state index in [4.69, 9.17) is 10.5 Å². The van der Waals surface area contributed by atoms with Crippen LogP contribution in [0, 0.1) is 0 Å². The zero-order valence-corrected chi connectivity index (χ0v) is 12.5. The number of anilines is 2. The molecular formula is C12H22N4O2S. The Morgan fingerprint density at radius 3 is 2.74 bits per heavy atom. The number of thiazole rings is 1. The molecular weight excluding hydrogens is 264 g/mol. The highest BCUT2D eigenvalue weighted by atomic mass is 32.1. The standard InChI is InChI=1S/C12H22N4O2S/c1-4-8(5-2)15-11(17)9-10(13)16-12(19-9)14-6-7-18-3/h8H,4-7,13H2,1-3H3,(H,14,16)(H,15,17). The average molecular weight is 286 g/mol. The van der Waals surface area contributed by atoms with Crippen LogP contribution in [0.1, 0.15) is 36.4 Å². The van der Waals surface area contributed by atoms with Gasteiger partial charge in [0.2, 0.25) is 0 Å². The molecule has 0 fully saturated rings. The molecule has 1 heterocycles. The van der Waals surface area contributed by atoms with Gasteiger partial charge in [-0.05, 0) is 12.8 Å². The van der Waals surface area contributed by atoms with Gasteiger partial charge < -0.3 is 21.1 Å². The van der Waals surface area contributed by atoms with Crippen molar-refractivity contribution in [2.45, 2.75) is 32.7 Å². The second-order valence-electron chi connectivity index (χ2n) is 4.14. The monoisotopic (exact) mass is 286 g/mol. The summed E-state index contributed by atoms with van der Waals surface area (Å²) in [6.45, 7) is 5.30. The molecule has 108 valence electrons. The number of methoxy groups -OCH3 is 1. The van der Waals surface area contributed by atoms with Crippen LogP contribution >= 0.6 is 11.3 Å². The summed E-state index contributed by atoms with van der Waals surface area (Å²) in [5.41, 5.74) is 5.77. The van der Waals surface area contributed by atoms with Gasteiger partial charge in [0.05, 0.1) is 6.61 Å². The molecule has 1 aromatic rings. The Hall–Kier alpha value is -1.34. The van der Waals surface area contributed by atoms with Gasteiger partial charge in [0.15, 0.2) is 5.13 Å². The first-order chi connectivity index (χ1) is 9.12. The van der Waals surface area contributed by atoms with Crippen molar-refractivity contribution >= 4 is 28.2 Å². The number of nitrogen functional groups attached to an aromatic ring is 1. The smallest absolute Gasteiger partial charge is 0.265 e. The van der Waals surface area contributed by atoms with E-state index in [2.05, 4.69) is 15.6 Å². The fourth-order valence-electron chi connectivity index (χ4n) is 1.57. The summed E-state index contributed by atoms with van der Waals surface area (Å²) in [6, 6.07) is 0.180. The summed E-state index contributed by atoms with van der Waals surface area (Å²) in [7, 11) is 1.63. The van der Waals surface area contributed by atoms with E-state index in [1.807, 2.05) is 13.8 Å². The van der Waals surface area contributed by atoms with Crippen LogP contribution in [0.15, 0.2) is 0 Å². The molecule has 0 saturated carbocycles. The molecule has 4 N–H and O–H groups in total. The molecule has 0 aromatic carbocycles. The summed E-state index contributed by atoms with van der Waals surface area (Å²) in [5, 5.41) is 6.66. The Balaban J connectivity index is 2.64. The summed E-state index contributed by atoms with van der Waals surface area (Å²) < 4.78 is 4.93. The van der Waals surface area contributed by atoms with Crippen molar-refractivity contribution in [3.05, 3.63) is 4.88 Å². The molecule has 1 amide bonds. The molecule has 0 aliphatic rings. The number of aromatic nitrogens is 1. The second kappa shape index (κ2) is 7.96. The molecule has 0 aliphatic carbocycles. The van der Waals surface area contributed by atoms with Crippen LogP contribution in [0.5, 0.6) is 0 Å². The lowest BCUT2D eigenvalue weighted by Gasteiger charge is -2.13. The maximum absolute atomic E-state index is 12.1. The number of carbonyl (C=O) groups is 1. The lowest BCUT2D eigenvalue weighted by molar-refractivity contribution is 0.0939. The van der Waals surface area contributed by atoms with Crippen molar-refractivity contribution < 1.29 is 9.53 Å². The highest BCUT2D eigenvalue weighted by Crippen LogP contribution is 2.24. The van der Waals surface area contributed by atoms with Gasteiger partial charge in [0.1, 0.15) is 10.7 Å². The van der Waals surface area contributed by atoms with Gasteiger partial charge in [0.25, 0.3) is 5.91 Å². The predicted molar refractivity (Wildman–Crippen MR) is 78.7 cm³/mol. The minimum Gasteiger partial charge on any atom is -0.383 e. The molecule has 0 bridgehead atoms. The van der Waals surface area contributed by atoms with E-state index < -0.39 is 0 Å². The van der Waals surface area contributed by atoms with Gasteiger partial charge in [-0.2, -0.15) is 0 Å². The second-order valence-corrected chi connectivity index (χ2v) is 5.14. The zero-order valence-electron chi connectivity index (χ0n) is 11.7. The lowest BCUT2D eigenvalue weighted by Crippen LogP contribution is -2.33. The molecule has 0 unspecified atom stereocenters. The third-order valence-corrected chi connectivity index (χ3v) is 3.79. The van der Waals surface area contributed by atoms with Crippen LogP contribution in [0.2, 0.25) is 0 Å². The van der Waals surface area contributed by atoms with E-state index in [1.54, 1.807) is 7.11 Å². The summed E-state index contributed by atoms with van der Waals surface area (Å²) >= 11 is 1.27. The van der Waals surface area contributed by atoms with Gasteiger partial charge in [-0.15, -0.1) is 0 Å².